The maximum atomic E-state index is 4.45. The van der Waals surface area contributed by atoms with Gasteiger partial charge in [-0.2, -0.15) is 0 Å². The fourth-order valence-corrected chi connectivity index (χ4v) is 2.23. The van der Waals surface area contributed by atoms with E-state index in [1.165, 1.54) is 6.42 Å². The summed E-state index contributed by atoms with van der Waals surface area (Å²) >= 11 is 0. The number of imidazole rings is 1. The van der Waals surface area contributed by atoms with Crippen LogP contribution >= 0.6 is 0 Å². The molecule has 104 valence electrons. The van der Waals surface area contributed by atoms with Gasteiger partial charge in [0.15, 0.2) is 0 Å². The molecular formula is C15H29N3. The van der Waals surface area contributed by atoms with E-state index < -0.39 is 0 Å². The minimum atomic E-state index is 0.139. The van der Waals surface area contributed by atoms with Gasteiger partial charge in [0.05, 0.1) is 6.54 Å². The van der Waals surface area contributed by atoms with Crippen molar-refractivity contribution in [1.29, 1.82) is 0 Å². The van der Waals surface area contributed by atoms with Crippen molar-refractivity contribution < 1.29 is 0 Å². The van der Waals surface area contributed by atoms with E-state index in [0.717, 1.165) is 24.8 Å². The predicted molar refractivity (Wildman–Crippen MR) is 77.4 cm³/mol. The van der Waals surface area contributed by atoms with Crippen molar-refractivity contribution in [2.24, 2.45) is 11.8 Å². The van der Waals surface area contributed by atoms with Crippen LogP contribution < -0.4 is 5.32 Å². The van der Waals surface area contributed by atoms with Gasteiger partial charge in [0.2, 0.25) is 0 Å². The van der Waals surface area contributed by atoms with Crippen LogP contribution in [0.25, 0.3) is 0 Å². The molecule has 3 nitrogen and oxygen atoms in total. The number of hydrogen-bond acceptors (Lipinski definition) is 2. The van der Waals surface area contributed by atoms with Crippen LogP contribution in [0.4, 0.5) is 0 Å². The van der Waals surface area contributed by atoms with Crippen LogP contribution in [-0.2, 0) is 13.1 Å². The standard InChI is InChI=1S/C15H29N3/c1-12(2)9-13(3)11-18-8-7-16-14(18)10-17-15(4,5)6/h7-8,12-13,17H,9-11H2,1-6H3. The van der Waals surface area contributed by atoms with E-state index in [4.69, 9.17) is 0 Å². The molecule has 0 saturated heterocycles. The third kappa shape index (κ3) is 5.67. The predicted octanol–water partition coefficient (Wildman–Crippen LogP) is 3.45. The van der Waals surface area contributed by atoms with Crippen molar-refractivity contribution in [3.63, 3.8) is 0 Å². The van der Waals surface area contributed by atoms with Gasteiger partial charge in [0.25, 0.3) is 0 Å². The molecule has 18 heavy (non-hydrogen) atoms. The van der Waals surface area contributed by atoms with E-state index in [1.54, 1.807) is 0 Å². The Labute approximate surface area is 112 Å². The number of nitrogens with zero attached hydrogens (tertiary/aromatic N) is 2. The second-order valence-corrected chi connectivity index (χ2v) is 6.83. The molecule has 0 radical (unpaired) electrons. The molecule has 0 fully saturated rings. The summed E-state index contributed by atoms with van der Waals surface area (Å²) in [5.74, 6) is 2.60. The van der Waals surface area contributed by atoms with Gasteiger partial charge in [-0.25, -0.2) is 4.98 Å². The minimum absolute atomic E-state index is 0.139. The van der Waals surface area contributed by atoms with E-state index >= 15 is 0 Å². The van der Waals surface area contributed by atoms with E-state index in [2.05, 4.69) is 62.6 Å². The topological polar surface area (TPSA) is 29.9 Å². The summed E-state index contributed by atoms with van der Waals surface area (Å²) < 4.78 is 2.28. The van der Waals surface area contributed by atoms with Crippen molar-refractivity contribution in [2.75, 3.05) is 0 Å². The molecule has 1 aromatic rings. The molecular weight excluding hydrogens is 222 g/mol. The Kier molecular flexibility index (Phi) is 5.39. The molecule has 1 rings (SSSR count). The monoisotopic (exact) mass is 251 g/mol. The highest BCUT2D eigenvalue weighted by atomic mass is 15.1. The zero-order valence-corrected chi connectivity index (χ0v) is 12.8. The number of aromatic nitrogens is 2. The van der Waals surface area contributed by atoms with Crippen molar-refractivity contribution >= 4 is 0 Å². The second kappa shape index (κ2) is 6.37. The smallest absolute Gasteiger partial charge is 0.122 e. The molecule has 1 aromatic heterocycles. The second-order valence-electron chi connectivity index (χ2n) is 6.83. The SMILES string of the molecule is CC(C)CC(C)Cn1ccnc1CNC(C)(C)C. The van der Waals surface area contributed by atoms with Crippen molar-refractivity contribution in [1.82, 2.24) is 14.9 Å². The van der Waals surface area contributed by atoms with Gasteiger partial charge in [-0.15, -0.1) is 0 Å². The Morgan fingerprint density at radius 3 is 2.50 bits per heavy atom. The number of nitrogens with one attached hydrogen (secondary N) is 1. The average molecular weight is 251 g/mol. The van der Waals surface area contributed by atoms with Crippen LogP contribution in [0.5, 0.6) is 0 Å². The normalized spacial score (nSPS) is 14.2. The summed E-state index contributed by atoms with van der Waals surface area (Å²) in [7, 11) is 0. The average Bonchev–Trinajstić information content (AvgIpc) is 2.59. The molecule has 1 heterocycles. The Bertz CT molecular complexity index is 347. The lowest BCUT2D eigenvalue weighted by Crippen LogP contribution is -2.36. The van der Waals surface area contributed by atoms with E-state index in [-0.39, 0.29) is 5.54 Å². The van der Waals surface area contributed by atoms with Gasteiger partial charge < -0.3 is 9.88 Å². The highest BCUT2D eigenvalue weighted by Crippen LogP contribution is 2.14. The van der Waals surface area contributed by atoms with Crippen molar-refractivity contribution in [3.05, 3.63) is 18.2 Å². The van der Waals surface area contributed by atoms with Crippen LogP contribution in [-0.4, -0.2) is 15.1 Å². The molecule has 0 aliphatic heterocycles. The van der Waals surface area contributed by atoms with Gasteiger partial charge in [0, 0.05) is 24.5 Å². The fraction of sp³-hybridized carbons (Fsp3) is 0.800. The molecule has 0 aliphatic rings. The first-order valence-corrected chi connectivity index (χ1v) is 7.03. The van der Waals surface area contributed by atoms with Crippen LogP contribution in [0.2, 0.25) is 0 Å². The maximum absolute atomic E-state index is 4.45. The van der Waals surface area contributed by atoms with Crippen LogP contribution in [0.15, 0.2) is 12.4 Å². The Morgan fingerprint density at radius 2 is 1.94 bits per heavy atom. The lowest BCUT2D eigenvalue weighted by atomic mass is 9.99. The Hall–Kier alpha value is -0.830. The zero-order valence-electron chi connectivity index (χ0n) is 12.8. The Morgan fingerprint density at radius 1 is 1.28 bits per heavy atom. The minimum Gasteiger partial charge on any atom is -0.334 e. The summed E-state index contributed by atoms with van der Waals surface area (Å²) in [6.07, 6.45) is 5.27. The highest BCUT2D eigenvalue weighted by molar-refractivity contribution is 4.93. The van der Waals surface area contributed by atoms with Crippen LogP contribution in [0.1, 0.15) is 53.8 Å². The van der Waals surface area contributed by atoms with Crippen LogP contribution in [0.3, 0.4) is 0 Å². The zero-order chi connectivity index (χ0) is 13.8. The van der Waals surface area contributed by atoms with Gasteiger partial charge in [0.1, 0.15) is 5.82 Å². The summed E-state index contributed by atoms with van der Waals surface area (Å²) in [4.78, 5) is 4.45. The highest BCUT2D eigenvalue weighted by Gasteiger charge is 2.12. The van der Waals surface area contributed by atoms with Crippen LogP contribution in [0, 0.1) is 11.8 Å². The molecule has 3 heteroatoms. The largest absolute Gasteiger partial charge is 0.334 e. The van der Waals surface area contributed by atoms with Crippen molar-refractivity contribution in [2.45, 2.75) is 66.6 Å². The molecule has 1 atom stereocenters. The number of rotatable bonds is 6. The summed E-state index contributed by atoms with van der Waals surface area (Å²) in [5, 5.41) is 3.50. The van der Waals surface area contributed by atoms with Gasteiger partial charge in [-0.05, 0) is 39.0 Å². The number of hydrogen-bond donors (Lipinski definition) is 1. The fourth-order valence-electron chi connectivity index (χ4n) is 2.23. The maximum Gasteiger partial charge on any atom is 0.122 e. The molecule has 0 aliphatic carbocycles. The first-order valence-electron chi connectivity index (χ1n) is 7.03. The molecule has 0 bridgehead atoms. The Balaban J connectivity index is 2.54. The molecule has 0 spiro atoms. The summed E-state index contributed by atoms with van der Waals surface area (Å²) in [6, 6.07) is 0. The summed E-state index contributed by atoms with van der Waals surface area (Å²) in [5.41, 5.74) is 0.139. The molecule has 0 amide bonds. The van der Waals surface area contributed by atoms with Gasteiger partial charge in [-0.1, -0.05) is 20.8 Å². The lowest BCUT2D eigenvalue weighted by Gasteiger charge is -2.21. The first kappa shape index (κ1) is 15.2. The third-order valence-electron chi connectivity index (χ3n) is 2.96. The third-order valence-corrected chi connectivity index (χ3v) is 2.96. The quantitative estimate of drug-likeness (QED) is 0.839. The van der Waals surface area contributed by atoms with Gasteiger partial charge >= 0.3 is 0 Å². The van der Waals surface area contributed by atoms with E-state index in [0.29, 0.717) is 5.92 Å². The van der Waals surface area contributed by atoms with Crippen molar-refractivity contribution in [3.8, 4) is 0 Å². The molecule has 0 aromatic carbocycles. The van der Waals surface area contributed by atoms with Gasteiger partial charge in [-0.3, -0.25) is 0 Å². The molecule has 1 N–H and O–H groups in total. The van der Waals surface area contributed by atoms with E-state index in [9.17, 15) is 0 Å². The lowest BCUT2D eigenvalue weighted by molar-refractivity contribution is 0.371. The first-order chi connectivity index (χ1) is 8.28. The molecule has 0 saturated carbocycles. The summed E-state index contributed by atoms with van der Waals surface area (Å²) in [6.45, 7) is 15.3. The molecule has 1 unspecified atom stereocenters. The van der Waals surface area contributed by atoms with E-state index in [1.807, 2.05) is 6.20 Å².